The summed E-state index contributed by atoms with van der Waals surface area (Å²) >= 11 is 0. The Bertz CT molecular complexity index is 1140. The molecule has 6 nitrogen and oxygen atoms in total. The van der Waals surface area contributed by atoms with Crippen LogP contribution in [0.1, 0.15) is 54.9 Å². The van der Waals surface area contributed by atoms with Gasteiger partial charge in [0.15, 0.2) is 0 Å². The number of nitrogens with one attached hydrogen (secondary N) is 1. The Hall–Kier alpha value is -2.99. The third-order valence-electron chi connectivity index (χ3n) is 6.20. The lowest BCUT2D eigenvalue weighted by molar-refractivity contribution is 0.0950. The summed E-state index contributed by atoms with van der Waals surface area (Å²) in [6.45, 7) is 7.56. The van der Waals surface area contributed by atoms with Gasteiger partial charge in [-0.05, 0) is 56.9 Å². The highest BCUT2D eigenvalue weighted by molar-refractivity contribution is 5.97. The van der Waals surface area contributed by atoms with Crippen molar-refractivity contribution in [3.05, 3.63) is 75.8 Å². The fourth-order valence-corrected chi connectivity index (χ4v) is 4.31. The monoisotopic (exact) mass is 432 g/mol. The van der Waals surface area contributed by atoms with Gasteiger partial charge < -0.3 is 5.32 Å². The number of aryl methyl sites for hydroxylation is 1. The first-order valence-corrected chi connectivity index (χ1v) is 11.6. The summed E-state index contributed by atoms with van der Waals surface area (Å²) in [4.78, 5) is 32.5. The molecule has 1 aliphatic heterocycles. The Kier molecular flexibility index (Phi) is 7.00. The molecule has 0 saturated carbocycles. The summed E-state index contributed by atoms with van der Waals surface area (Å²) in [5, 5.41) is 3.61. The third kappa shape index (κ3) is 5.07. The molecule has 1 aliphatic rings. The molecule has 2 heterocycles. The van der Waals surface area contributed by atoms with Crippen molar-refractivity contribution in [3.8, 4) is 0 Å². The van der Waals surface area contributed by atoms with Gasteiger partial charge in [0.2, 0.25) is 0 Å². The molecule has 0 unspecified atom stereocenters. The van der Waals surface area contributed by atoms with Crippen LogP contribution in [0.4, 0.5) is 0 Å². The SMILES string of the molecule is CC(C)N(CCCNC(=O)c1ccc2c(=O)n3c(nc2c1)CCCC3)Cc1ccccc1. The second-order valence-corrected chi connectivity index (χ2v) is 8.83. The first-order valence-electron chi connectivity index (χ1n) is 11.6. The molecule has 1 N–H and O–H groups in total. The number of fused-ring (bicyclic) bond motifs is 2. The van der Waals surface area contributed by atoms with E-state index >= 15 is 0 Å². The third-order valence-corrected chi connectivity index (χ3v) is 6.20. The lowest BCUT2D eigenvalue weighted by Crippen LogP contribution is -2.34. The topological polar surface area (TPSA) is 67.2 Å². The van der Waals surface area contributed by atoms with Gasteiger partial charge in [0.25, 0.3) is 11.5 Å². The van der Waals surface area contributed by atoms with Crippen LogP contribution in [0.5, 0.6) is 0 Å². The van der Waals surface area contributed by atoms with E-state index in [2.05, 4.69) is 53.3 Å². The number of benzene rings is 2. The number of aromatic nitrogens is 2. The van der Waals surface area contributed by atoms with Crippen LogP contribution in [0.15, 0.2) is 53.3 Å². The molecule has 32 heavy (non-hydrogen) atoms. The molecule has 0 saturated heterocycles. The molecule has 4 rings (SSSR count). The summed E-state index contributed by atoms with van der Waals surface area (Å²) in [6, 6.07) is 16.1. The first-order chi connectivity index (χ1) is 15.5. The van der Waals surface area contributed by atoms with Crippen molar-refractivity contribution < 1.29 is 4.79 Å². The maximum absolute atomic E-state index is 12.7. The summed E-state index contributed by atoms with van der Waals surface area (Å²) < 4.78 is 1.78. The minimum Gasteiger partial charge on any atom is -0.352 e. The van der Waals surface area contributed by atoms with Crippen molar-refractivity contribution in [1.29, 1.82) is 0 Å². The minimum absolute atomic E-state index is 0.00357. The Morgan fingerprint density at radius 2 is 1.97 bits per heavy atom. The Balaban J connectivity index is 1.36. The van der Waals surface area contributed by atoms with Gasteiger partial charge in [-0.2, -0.15) is 0 Å². The average Bonchev–Trinajstić information content (AvgIpc) is 2.81. The molecule has 1 amide bonds. The molecule has 0 aliphatic carbocycles. The molecule has 6 heteroatoms. The number of carbonyl (C=O) groups excluding carboxylic acids is 1. The van der Waals surface area contributed by atoms with Crippen LogP contribution in [0.3, 0.4) is 0 Å². The van der Waals surface area contributed by atoms with Gasteiger partial charge >= 0.3 is 0 Å². The average molecular weight is 433 g/mol. The Morgan fingerprint density at radius 1 is 1.16 bits per heavy atom. The maximum atomic E-state index is 12.7. The Morgan fingerprint density at radius 3 is 2.75 bits per heavy atom. The number of hydrogen-bond acceptors (Lipinski definition) is 4. The number of rotatable bonds is 8. The van der Waals surface area contributed by atoms with Gasteiger partial charge in [0, 0.05) is 44.2 Å². The van der Waals surface area contributed by atoms with Crippen molar-refractivity contribution in [3.63, 3.8) is 0 Å². The predicted molar refractivity (Wildman–Crippen MR) is 128 cm³/mol. The van der Waals surface area contributed by atoms with Crippen molar-refractivity contribution in [1.82, 2.24) is 19.8 Å². The second-order valence-electron chi connectivity index (χ2n) is 8.83. The van der Waals surface area contributed by atoms with Crippen molar-refractivity contribution in [2.75, 3.05) is 13.1 Å². The molecular weight excluding hydrogens is 400 g/mol. The molecule has 3 aromatic rings. The lowest BCUT2D eigenvalue weighted by Gasteiger charge is -2.26. The van der Waals surface area contributed by atoms with Crippen molar-refractivity contribution in [2.24, 2.45) is 0 Å². The normalized spacial score (nSPS) is 13.5. The summed E-state index contributed by atoms with van der Waals surface area (Å²) in [6.07, 6.45) is 3.75. The van der Waals surface area contributed by atoms with E-state index in [1.807, 2.05) is 6.07 Å². The maximum Gasteiger partial charge on any atom is 0.261 e. The zero-order chi connectivity index (χ0) is 22.5. The molecule has 2 aromatic carbocycles. The van der Waals surface area contributed by atoms with Crippen LogP contribution < -0.4 is 10.9 Å². The highest BCUT2D eigenvalue weighted by atomic mass is 16.1. The predicted octanol–water partition coefficient (Wildman–Crippen LogP) is 3.76. The molecule has 168 valence electrons. The van der Waals surface area contributed by atoms with Crippen molar-refractivity contribution >= 4 is 16.8 Å². The van der Waals surface area contributed by atoms with Gasteiger partial charge in [-0.1, -0.05) is 30.3 Å². The highest BCUT2D eigenvalue weighted by Gasteiger charge is 2.16. The van der Waals surface area contributed by atoms with E-state index in [4.69, 9.17) is 0 Å². The zero-order valence-electron chi connectivity index (χ0n) is 19.0. The number of carbonyl (C=O) groups is 1. The molecular formula is C26H32N4O2. The fourth-order valence-electron chi connectivity index (χ4n) is 4.31. The van der Waals surface area contributed by atoms with Crippen LogP contribution in [-0.4, -0.2) is 39.5 Å². The molecule has 0 fully saturated rings. The van der Waals surface area contributed by atoms with Crippen LogP contribution in [0.25, 0.3) is 10.9 Å². The lowest BCUT2D eigenvalue weighted by atomic mass is 10.1. The van der Waals surface area contributed by atoms with Crippen LogP contribution in [-0.2, 0) is 19.5 Å². The number of nitrogens with zero attached hydrogens (tertiary/aromatic N) is 3. The minimum atomic E-state index is -0.120. The molecule has 0 radical (unpaired) electrons. The van der Waals surface area contributed by atoms with Gasteiger partial charge in [0.05, 0.1) is 10.9 Å². The zero-order valence-corrected chi connectivity index (χ0v) is 19.0. The van der Waals surface area contributed by atoms with Crippen LogP contribution in [0.2, 0.25) is 0 Å². The smallest absolute Gasteiger partial charge is 0.261 e. The van der Waals surface area contributed by atoms with Gasteiger partial charge in [-0.15, -0.1) is 0 Å². The fraction of sp³-hybridized carbons (Fsp3) is 0.423. The number of amides is 1. The standard InChI is InChI=1S/C26H32N4O2/c1-19(2)29(18-20-9-4-3-5-10-20)15-8-14-27-25(31)21-12-13-22-23(17-21)28-24-11-6-7-16-30(24)26(22)32/h3-5,9-10,12-13,17,19H,6-8,11,14-16,18H2,1-2H3,(H,27,31). The van der Waals surface area contributed by atoms with Gasteiger partial charge in [-0.3, -0.25) is 19.1 Å². The van der Waals surface area contributed by atoms with Crippen molar-refractivity contribution in [2.45, 2.75) is 58.7 Å². The second kappa shape index (κ2) is 10.1. The van der Waals surface area contributed by atoms with E-state index in [-0.39, 0.29) is 11.5 Å². The molecule has 1 aromatic heterocycles. The van der Waals surface area contributed by atoms with Crippen LogP contribution in [0, 0.1) is 0 Å². The molecule has 0 spiro atoms. The van der Waals surface area contributed by atoms with E-state index < -0.39 is 0 Å². The van der Waals surface area contributed by atoms with Gasteiger partial charge in [0.1, 0.15) is 5.82 Å². The largest absolute Gasteiger partial charge is 0.352 e. The van der Waals surface area contributed by atoms with Gasteiger partial charge in [-0.25, -0.2) is 4.98 Å². The summed E-state index contributed by atoms with van der Waals surface area (Å²) in [7, 11) is 0. The highest BCUT2D eigenvalue weighted by Crippen LogP contribution is 2.16. The van der Waals surface area contributed by atoms with E-state index in [9.17, 15) is 9.59 Å². The quantitative estimate of drug-likeness (QED) is 0.551. The van der Waals surface area contributed by atoms with E-state index in [1.54, 1.807) is 22.8 Å². The summed E-state index contributed by atoms with van der Waals surface area (Å²) in [5.74, 6) is 0.712. The first kappa shape index (κ1) is 22.2. The summed E-state index contributed by atoms with van der Waals surface area (Å²) in [5.41, 5.74) is 2.47. The Labute approximate surface area is 189 Å². The van der Waals surface area contributed by atoms with E-state index in [1.165, 1.54) is 5.56 Å². The van der Waals surface area contributed by atoms with E-state index in [0.717, 1.165) is 51.1 Å². The van der Waals surface area contributed by atoms with Crippen LogP contribution >= 0.6 is 0 Å². The molecule has 0 bridgehead atoms. The molecule has 0 atom stereocenters. The number of hydrogen-bond donors (Lipinski definition) is 1. The van der Waals surface area contributed by atoms with E-state index in [0.29, 0.717) is 29.1 Å².